The van der Waals surface area contributed by atoms with Gasteiger partial charge in [-0.1, -0.05) is 6.42 Å². The average Bonchev–Trinajstić information content (AvgIpc) is 2.68. The number of aryl methyl sites for hydroxylation is 2. The number of fused-ring (bicyclic) bond motifs is 1. The van der Waals surface area contributed by atoms with E-state index in [1.165, 1.54) is 19.3 Å². The van der Waals surface area contributed by atoms with Crippen molar-refractivity contribution >= 4 is 17.6 Å². The number of nitrogens with zero attached hydrogens (tertiary/aromatic N) is 3. The van der Waals surface area contributed by atoms with Gasteiger partial charge >= 0.3 is 0 Å². The molecular formula is C15H19N5S. The lowest BCUT2D eigenvalue weighted by Crippen LogP contribution is -2.12. The van der Waals surface area contributed by atoms with Gasteiger partial charge in [-0.05, 0) is 55.3 Å². The van der Waals surface area contributed by atoms with Crippen molar-refractivity contribution in [1.82, 2.24) is 14.8 Å². The molecular weight excluding hydrogens is 282 g/mol. The van der Waals surface area contributed by atoms with Crippen molar-refractivity contribution in [1.29, 1.82) is 5.41 Å². The van der Waals surface area contributed by atoms with E-state index in [0.717, 1.165) is 40.0 Å². The third kappa shape index (κ3) is 2.95. The summed E-state index contributed by atoms with van der Waals surface area (Å²) in [5.74, 6) is 1.22. The van der Waals surface area contributed by atoms with Crippen molar-refractivity contribution in [3.05, 3.63) is 35.2 Å². The normalized spacial score (nSPS) is 14.5. The quantitative estimate of drug-likeness (QED) is 0.675. The van der Waals surface area contributed by atoms with E-state index in [-0.39, 0.29) is 5.84 Å². The first-order chi connectivity index (χ1) is 10.1. The lowest BCUT2D eigenvalue weighted by molar-refractivity contribution is 0.591. The molecule has 0 saturated carbocycles. The molecule has 1 aromatic heterocycles. The van der Waals surface area contributed by atoms with E-state index >= 15 is 0 Å². The average molecular weight is 301 g/mol. The molecule has 3 N–H and O–H groups in total. The number of nitrogens with two attached hydrogens (primary N) is 1. The van der Waals surface area contributed by atoms with Crippen molar-refractivity contribution in [2.45, 2.75) is 49.2 Å². The second kappa shape index (κ2) is 5.89. The Labute approximate surface area is 128 Å². The molecule has 5 nitrogen and oxygen atoms in total. The second-order valence-electron chi connectivity index (χ2n) is 5.35. The molecule has 110 valence electrons. The molecule has 0 amide bonds. The molecule has 2 heterocycles. The summed E-state index contributed by atoms with van der Waals surface area (Å²) in [4.78, 5) is 1.11. The van der Waals surface area contributed by atoms with E-state index in [2.05, 4.69) is 20.8 Å². The highest BCUT2D eigenvalue weighted by Crippen LogP contribution is 2.29. The first-order valence-electron chi connectivity index (χ1n) is 7.20. The summed E-state index contributed by atoms with van der Waals surface area (Å²) in [6, 6.07) is 5.95. The maximum Gasteiger partial charge on any atom is 0.196 e. The summed E-state index contributed by atoms with van der Waals surface area (Å²) in [6.45, 7) is 2.99. The molecule has 3 rings (SSSR count). The Balaban J connectivity index is 1.86. The van der Waals surface area contributed by atoms with Gasteiger partial charge < -0.3 is 10.3 Å². The van der Waals surface area contributed by atoms with Gasteiger partial charge in [0.25, 0.3) is 0 Å². The van der Waals surface area contributed by atoms with Crippen LogP contribution >= 0.6 is 11.8 Å². The molecule has 0 bridgehead atoms. The highest BCUT2D eigenvalue weighted by Gasteiger charge is 2.15. The topological polar surface area (TPSA) is 80.6 Å². The summed E-state index contributed by atoms with van der Waals surface area (Å²) in [5.41, 5.74) is 7.37. The molecule has 2 aromatic rings. The highest BCUT2D eigenvalue weighted by molar-refractivity contribution is 7.99. The fourth-order valence-corrected chi connectivity index (χ4v) is 3.61. The minimum Gasteiger partial charge on any atom is -0.384 e. The molecule has 1 aromatic carbocycles. The largest absolute Gasteiger partial charge is 0.384 e. The smallest absolute Gasteiger partial charge is 0.196 e. The number of benzene rings is 1. The Morgan fingerprint density at radius 1 is 1.29 bits per heavy atom. The Morgan fingerprint density at radius 3 is 2.90 bits per heavy atom. The van der Waals surface area contributed by atoms with E-state index < -0.39 is 0 Å². The van der Waals surface area contributed by atoms with E-state index in [4.69, 9.17) is 11.1 Å². The van der Waals surface area contributed by atoms with Crippen LogP contribution in [0.3, 0.4) is 0 Å². The molecule has 6 heteroatoms. The molecule has 0 fully saturated rings. The van der Waals surface area contributed by atoms with Crippen LogP contribution in [-0.4, -0.2) is 20.6 Å². The van der Waals surface area contributed by atoms with Gasteiger partial charge in [-0.3, -0.25) is 5.41 Å². The van der Waals surface area contributed by atoms with Crippen molar-refractivity contribution in [2.24, 2.45) is 5.73 Å². The van der Waals surface area contributed by atoms with Crippen molar-refractivity contribution in [3.8, 4) is 0 Å². The first kappa shape index (κ1) is 14.1. The van der Waals surface area contributed by atoms with E-state index in [0.29, 0.717) is 0 Å². The standard InChI is InChI=1S/C15H19N5S/c1-10-9-11(6-7-12(10)14(16)17)21-15-19-18-13-5-3-2-4-8-20(13)15/h6-7,9H,2-5,8H2,1H3,(H3,16,17). The van der Waals surface area contributed by atoms with Crippen molar-refractivity contribution in [3.63, 3.8) is 0 Å². The molecule has 21 heavy (non-hydrogen) atoms. The summed E-state index contributed by atoms with van der Waals surface area (Å²) in [5, 5.41) is 17.1. The predicted octanol–water partition coefficient (Wildman–Crippen LogP) is 2.75. The lowest BCUT2D eigenvalue weighted by atomic mass is 10.1. The van der Waals surface area contributed by atoms with Crippen LogP contribution in [0.2, 0.25) is 0 Å². The number of amidine groups is 1. The van der Waals surface area contributed by atoms with Crippen LogP contribution in [-0.2, 0) is 13.0 Å². The van der Waals surface area contributed by atoms with Crippen LogP contribution in [0.25, 0.3) is 0 Å². The Bertz CT molecular complexity index is 677. The summed E-state index contributed by atoms with van der Waals surface area (Å²) in [6.07, 6.45) is 4.69. The van der Waals surface area contributed by atoms with Crippen LogP contribution < -0.4 is 5.73 Å². The molecule has 0 atom stereocenters. The number of nitrogen functional groups attached to an aromatic ring is 1. The van der Waals surface area contributed by atoms with Crippen LogP contribution in [0.4, 0.5) is 0 Å². The molecule has 0 aliphatic carbocycles. The van der Waals surface area contributed by atoms with E-state index in [9.17, 15) is 0 Å². The molecule has 1 aliphatic heterocycles. The molecule has 0 radical (unpaired) electrons. The van der Waals surface area contributed by atoms with Crippen LogP contribution in [0.5, 0.6) is 0 Å². The number of nitrogens with one attached hydrogen (secondary N) is 1. The first-order valence-corrected chi connectivity index (χ1v) is 8.02. The molecule has 0 unspecified atom stereocenters. The zero-order chi connectivity index (χ0) is 14.8. The van der Waals surface area contributed by atoms with Gasteiger partial charge in [-0.25, -0.2) is 0 Å². The Hall–Kier alpha value is -1.82. The zero-order valence-corrected chi connectivity index (χ0v) is 12.9. The van der Waals surface area contributed by atoms with Crippen molar-refractivity contribution < 1.29 is 0 Å². The number of rotatable bonds is 3. The summed E-state index contributed by atoms with van der Waals surface area (Å²) < 4.78 is 2.24. The predicted molar refractivity (Wildman–Crippen MR) is 83.9 cm³/mol. The maximum atomic E-state index is 7.54. The molecule has 0 saturated heterocycles. The maximum absolute atomic E-state index is 7.54. The lowest BCUT2D eigenvalue weighted by Gasteiger charge is -2.08. The van der Waals surface area contributed by atoms with E-state index in [1.54, 1.807) is 11.8 Å². The summed E-state index contributed by atoms with van der Waals surface area (Å²) in [7, 11) is 0. The number of hydrogen-bond donors (Lipinski definition) is 2. The van der Waals surface area contributed by atoms with E-state index in [1.807, 2.05) is 19.1 Å². The SMILES string of the molecule is Cc1cc(Sc2nnc3n2CCCCC3)ccc1C(=N)N. The zero-order valence-electron chi connectivity index (χ0n) is 12.1. The Kier molecular flexibility index (Phi) is 3.96. The van der Waals surface area contributed by atoms with Gasteiger partial charge in [0.15, 0.2) is 5.16 Å². The van der Waals surface area contributed by atoms with Gasteiger partial charge in [-0.15, -0.1) is 10.2 Å². The van der Waals surface area contributed by atoms with Gasteiger partial charge in [0.05, 0.1) is 0 Å². The molecule has 0 spiro atoms. The summed E-state index contributed by atoms with van der Waals surface area (Å²) >= 11 is 1.63. The van der Waals surface area contributed by atoms with Gasteiger partial charge in [0, 0.05) is 23.4 Å². The van der Waals surface area contributed by atoms with Gasteiger partial charge in [0.1, 0.15) is 11.7 Å². The third-order valence-electron chi connectivity index (χ3n) is 3.77. The monoisotopic (exact) mass is 301 g/mol. The van der Waals surface area contributed by atoms with Crippen LogP contribution in [0.15, 0.2) is 28.3 Å². The third-order valence-corrected chi connectivity index (χ3v) is 4.75. The van der Waals surface area contributed by atoms with Crippen LogP contribution in [0.1, 0.15) is 36.2 Å². The molecule has 1 aliphatic rings. The fourth-order valence-electron chi connectivity index (χ4n) is 2.64. The fraction of sp³-hybridized carbons (Fsp3) is 0.400. The van der Waals surface area contributed by atoms with Crippen molar-refractivity contribution in [2.75, 3.05) is 0 Å². The minimum absolute atomic E-state index is 0.111. The van der Waals surface area contributed by atoms with Gasteiger partial charge in [-0.2, -0.15) is 0 Å². The Morgan fingerprint density at radius 2 is 2.14 bits per heavy atom. The highest BCUT2D eigenvalue weighted by atomic mass is 32.2. The van der Waals surface area contributed by atoms with Gasteiger partial charge in [0.2, 0.25) is 0 Å². The van der Waals surface area contributed by atoms with Crippen LogP contribution in [0, 0.1) is 12.3 Å². The number of aromatic nitrogens is 3. The minimum atomic E-state index is 0.111. The number of hydrogen-bond acceptors (Lipinski definition) is 4. The second-order valence-corrected chi connectivity index (χ2v) is 6.39.